The summed E-state index contributed by atoms with van der Waals surface area (Å²) >= 11 is 1.68. The van der Waals surface area contributed by atoms with E-state index in [1.807, 2.05) is 40.3 Å². The average molecular weight is 490 g/mol. The molecule has 3 heterocycles. The summed E-state index contributed by atoms with van der Waals surface area (Å²) in [6, 6.07) is 15.5. The van der Waals surface area contributed by atoms with Gasteiger partial charge in [0.15, 0.2) is 11.5 Å². The van der Waals surface area contributed by atoms with Gasteiger partial charge in [-0.25, -0.2) is 19.5 Å². The number of benzene rings is 2. The Morgan fingerprint density at radius 1 is 0.914 bits per heavy atom. The molecule has 0 amide bonds. The summed E-state index contributed by atoms with van der Waals surface area (Å²) in [4.78, 5) is 19.3. The molecule has 0 radical (unpaired) electrons. The number of para-hydroxylation sites is 2. The Morgan fingerprint density at radius 3 is 2.43 bits per heavy atom. The van der Waals surface area contributed by atoms with Crippen LogP contribution in [0.2, 0.25) is 0 Å². The number of aromatic nitrogens is 5. The van der Waals surface area contributed by atoms with Crippen molar-refractivity contribution in [1.82, 2.24) is 24.5 Å². The minimum atomic E-state index is 0.353. The van der Waals surface area contributed by atoms with Crippen molar-refractivity contribution >= 4 is 40.0 Å². The maximum absolute atomic E-state index is 5.44. The fourth-order valence-electron chi connectivity index (χ4n) is 3.66. The van der Waals surface area contributed by atoms with Crippen LogP contribution in [-0.4, -0.2) is 45.8 Å². The molecular weight excluding hydrogens is 466 g/mol. The van der Waals surface area contributed by atoms with Crippen LogP contribution in [0.1, 0.15) is 4.88 Å². The van der Waals surface area contributed by atoms with Crippen LogP contribution >= 0.6 is 11.3 Å². The number of nitrogens with zero attached hydrogens (tertiary/aromatic N) is 5. The first-order valence-electron chi connectivity index (χ1n) is 10.7. The third-order valence-electron chi connectivity index (χ3n) is 5.24. The quantitative estimate of drug-likeness (QED) is 0.306. The van der Waals surface area contributed by atoms with Gasteiger partial charge in [0.25, 0.3) is 0 Å². The predicted molar refractivity (Wildman–Crippen MR) is 135 cm³/mol. The summed E-state index contributed by atoms with van der Waals surface area (Å²) in [7, 11) is 4.69. The zero-order chi connectivity index (χ0) is 24.2. The Balaban J connectivity index is 1.50. The maximum atomic E-state index is 5.44. The minimum absolute atomic E-state index is 0.353. The number of anilines is 3. The van der Waals surface area contributed by atoms with E-state index in [0.29, 0.717) is 47.3 Å². The highest BCUT2D eigenvalue weighted by Gasteiger charge is 2.17. The molecule has 0 atom stereocenters. The van der Waals surface area contributed by atoms with E-state index in [4.69, 9.17) is 19.2 Å². The monoisotopic (exact) mass is 489 g/mol. The number of ether oxygens (including phenoxy) is 3. The molecule has 5 aromatic rings. The molecule has 178 valence electrons. The third kappa shape index (κ3) is 4.53. The van der Waals surface area contributed by atoms with E-state index in [0.717, 1.165) is 11.0 Å². The fraction of sp³-hybridized carbons (Fsp3) is 0.167. The first-order chi connectivity index (χ1) is 17.2. The van der Waals surface area contributed by atoms with Crippen LogP contribution in [0.4, 0.5) is 17.6 Å². The molecular formula is C24H23N7O3S. The Bertz CT molecular complexity index is 1430. The van der Waals surface area contributed by atoms with E-state index in [2.05, 4.69) is 31.7 Å². The second-order valence-electron chi connectivity index (χ2n) is 7.34. The molecule has 2 N–H and O–H groups in total. The molecule has 0 aliphatic heterocycles. The SMILES string of the molecule is COc1cc(Nc2ncnc(-n3c(NCc4cccs4)nc4ccccc43)n2)cc(OC)c1OC. The number of thiophene rings is 1. The smallest absolute Gasteiger partial charge is 0.241 e. The van der Waals surface area contributed by atoms with Crippen molar-refractivity contribution in [2.75, 3.05) is 32.0 Å². The molecule has 3 aromatic heterocycles. The number of hydrogen-bond donors (Lipinski definition) is 2. The van der Waals surface area contributed by atoms with E-state index in [9.17, 15) is 0 Å². The van der Waals surface area contributed by atoms with Gasteiger partial charge in [-0.05, 0) is 23.6 Å². The van der Waals surface area contributed by atoms with E-state index in [-0.39, 0.29) is 0 Å². The largest absolute Gasteiger partial charge is 0.493 e. The highest BCUT2D eigenvalue weighted by Crippen LogP contribution is 2.40. The van der Waals surface area contributed by atoms with E-state index < -0.39 is 0 Å². The van der Waals surface area contributed by atoms with Crippen molar-refractivity contribution in [3.8, 4) is 23.2 Å². The highest BCUT2D eigenvalue weighted by molar-refractivity contribution is 7.09. The predicted octanol–water partition coefficient (Wildman–Crippen LogP) is 4.65. The minimum Gasteiger partial charge on any atom is -0.493 e. The fourth-order valence-corrected chi connectivity index (χ4v) is 4.31. The van der Waals surface area contributed by atoms with Crippen LogP contribution in [0.15, 0.2) is 60.2 Å². The summed E-state index contributed by atoms with van der Waals surface area (Å²) in [5, 5.41) is 8.66. The van der Waals surface area contributed by atoms with E-state index >= 15 is 0 Å². The molecule has 11 heteroatoms. The first kappa shape index (κ1) is 22.4. The molecule has 35 heavy (non-hydrogen) atoms. The Hall–Kier alpha value is -4.38. The molecule has 0 aliphatic carbocycles. The van der Waals surface area contributed by atoms with Crippen molar-refractivity contribution in [2.45, 2.75) is 6.54 Å². The third-order valence-corrected chi connectivity index (χ3v) is 6.12. The number of imidazole rings is 1. The topological polar surface area (TPSA) is 108 Å². The molecule has 5 rings (SSSR count). The van der Waals surface area contributed by atoms with Gasteiger partial charge in [-0.3, -0.25) is 0 Å². The molecule has 0 bridgehead atoms. The molecule has 0 aliphatic rings. The summed E-state index contributed by atoms with van der Waals surface area (Å²) in [6.45, 7) is 0.641. The number of nitrogens with one attached hydrogen (secondary N) is 2. The lowest BCUT2D eigenvalue weighted by atomic mass is 10.2. The molecule has 0 fully saturated rings. The van der Waals surface area contributed by atoms with Gasteiger partial charge in [-0.1, -0.05) is 18.2 Å². The molecule has 0 spiro atoms. The number of rotatable bonds is 9. The Morgan fingerprint density at radius 2 is 1.71 bits per heavy atom. The number of hydrogen-bond acceptors (Lipinski definition) is 10. The van der Waals surface area contributed by atoms with Crippen LogP contribution in [0.3, 0.4) is 0 Å². The van der Waals surface area contributed by atoms with Crippen molar-refractivity contribution in [1.29, 1.82) is 0 Å². The van der Waals surface area contributed by atoms with Gasteiger partial charge in [-0.15, -0.1) is 11.3 Å². The van der Waals surface area contributed by atoms with Gasteiger partial charge in [-0.2, -0.15) is 4.98 Å². The van der Waals surface area contributed by atoms with Crippen molar-refractivity contribution < 1.29 is 14.2 Å². The molecule has 10 nitrogen and oxygen atoms in total. The average Bonchev–Trinajstić information content (AvgIpc) is 3.54. The standard InChI is InChI=1S/C24H23N7O3S/c1-32-19-11-15(12-20(33-2)21(19)34-3)28-22-26-14-27-24(30-22)31-18-9-5-4-8-17(18)29-23(31)25-13-16-7-6-10-35-16/h4-12,14H,13H2,1-3H3,(H,25,29)(H,26,27,28,30). The zero-order valence-electron chi connectivity index (χ0n) is 19.3. The van der Waals surface area contributed by atoms with Crippen LogP contribution in [0.5, 0.6) is 17.2 Å². The van der Waals surface area contributed by atoms with Crippen LogP contribution in [0.25, 0.3) is 17.0 Å². The molecule has 0 unspecified atom stereocenters. The van der Waals surface area contributed by atoms with Gasteiger partial charge < -0.3 is 24.8 Å². The van der Waals surface area contributed by atoms with Gasteiger partial charge in [0.1, 0.15) is 6.33 Å². The summed E-state index contributed by atoms with van der Waals surface area (Å²) in [6.07, 6.45) is 1.46. The van der Waals surface area contributed by atoms with Crippen molar-refractivity contribution in [3.05, 3.63) is 65.1 Å². The lowest BCUT2D eigenvalue weighted by molar-refractivity contribution is 0.324. The van der Waals surface area contributed by atoms with Crippen LogP contribution in [0, 0.1) is 0 Å². The highest BCUT2D eigenvalue weighted by atomic mass is 32.1. The van der Waals surface area contributed by atoms with Crippen LogP contribution < -0.4 is 24.8 Å². The van der Waals surface area contributed by atoms with Gasteiger partial charge in [0, 0.05) is 22.7 Å². The Labute approximate surface area is 205 Å². The number of methoxy groups -OCH3 is 3. The second-order valence-corrected chi connectivity index (χ2v) is 8.37. The summed E-state index contributed by atoms with van der Waals surface area (Å²) in [5.74, 6) is 2.96. The maximum Gasteiger partial charge on any atom is 0.241 e. The number of fused-ring (bicyclic) bond motifs is 1. The Kier molecular flexibility index (Phi) is 6.31. The lowest BCUT2D eigenvalue weighted by Crippen LogP contribution is -2.10. The van der Waals surface area contributed by atoms with Gasteiger partial charge in [0.2, 0.25) is 23.6 Å². The van der Waals surface area contributed by atoms with E-state index in [1.165, 1.54) is 11.2 Å². The van der Waals surface area contributed by atoms with Gasteiger partial charge >= 0.3 is 0 Å². The summed E-state index contributed by atoms with van der Waals surface area (Å²) in [5.41, 5.74) is 2.38. The summed E-state index contributed by atoms with van der Waals surface area (Å²) < 4.78 is 18.2. The molecule has 0 saturated carbocycles. The lowest BCUT2D eigenvalue weighted by Gasteiger charge is -2.15. The van der Waals surface area contributed by atoms with Crippen molar-refractivity contribution in [2.24, 2.45) is 0 Å². The molecule has 2 aromatic carbocycles. The molecule has 0 saturated heterocycles. The van der Waals surface area contributed by atoms with Gasteiger partial charge in [0.05, 0.1) is 38.9 Å². The first-order valence-corrected chi connectivity index (χ1v) is 11.6. The zero-order valence-corrected chi connectivity index (χ0v) is 20.2. The van der Waals surface area contributed by atoms with E-state index in [1.54, 1.807) is 44.8 Å². The van der Waals surface area contributed by atoms with Crippen molar-refractivity contribution in [3.63, 3.8) is 0 Å². The normalized spacial score (nSPS) is 10.8. The second kappa shape index (κ2) is 9.85. The van der Waals surface area contributed by atoms with Crippen LogP contribution in [-0.2, 0) is 6.54 Å².